The van der Waals surface area contributed by atoms with E-state index in [1.807, 2.05) is 96.4 Å². The third-order valence-corrected chi connectivity index (χ3v) is 25.4. The normalized spacial score (nSPS) is 14.3. The fourth-order valence-electron chi connectivity index (χ4n) is 15.2. The number of carbonyl (C=O) groups is 10. The predicted octanol–water partition coefficient (Wildman–Crippen LogP) is 12.6. The Hall–Kier alpha value is -9.68. The van der Waals surface area contributed by atoms with Crippen molar-refractivity contribution < 1.29 is 114 Å². The number of fused-ring (bicyclic) bond motifs is 5. The molecule has 1 aromatic heterocycles. The Morgan fingerprint density at radius 2 is 0.767 bits per heavy atom. The van der Waals surface area contributed by atoms with Gasteiger partial charge in [0.25, 0.3) is 35.4 Å². The summed E-state index contributed by atoms with van der Waals surface area (Å²) in [6.07, 6.45) is 0.438. The number of likely N-dealkylation sites (tertiary alicyclic amines) is 1. The van der Waals surface area contributed by atoms with E-state index in [9.17, 15) is 80.1 Å². The van der Waals surface area contributed by atoms with Gasteiger partial charge in [-0.15, -0.1) is 0 Å². The summed E-state index contributed by atoms with van der Waals surface area (Å²) in [5.41, 5.74) is 12.9. The van der Waals surface area contributed by atoms with Gasteiger partial charge < -0.3 is 76.0 Å². The molecule has 7 heterocycles. The zero-order valence-electron chi connectivity index (χ0n) is 71.1. The molecule has 0 spiro atoms. The van der Waals surface area contributed by atoms with Crippen molar-refractivity contribution in [3.63, 3.8) is 0 Å². The third kappa shape index (κ3) is 26.5. The van der Waals surface area contributed by atoms with E-state index in [1.54, 1.807) is 121 Å². The number of aromatic nitrogens is 1. The van der Waals surface area contributed by atoms with Gasteiger partial charge in [-0.05, 0) is 309 Å². The number of benzene rings is 9. The molecular weight excluding hydrogens is 2250 g/mol. The average Bonchev–Trinajstić information content (AvgIpc) is 1.74. The summed E-state index contributed by atoms with van der Waals surface area (Å²) in [7, 11) is 0. The Morgan fingerprint density at radius 1 is 0.429 bits per heavy atom. The summed E-state index contributed by atoms with van der Waals surface area (Å²) in [6, 6.07) is 39.4. The molecule has 36 heteroatoms. The van der Waals surface area contributed by atoms with Gasteiger partial charge in [0.05, 0.1) is 63.0 Å². The summed E-state index contributed by atoms with van der Waals surface area (Å²) >= 11 is 11.4. The number of ketones is 4. The van der Waals surface area contributed by atoms with Crippen molar-refractivity contribution in [2.24, 2.45) is 5.92 Å². The van der Waals surface area contributed by atoms with Crippen LogP contribution in [0.15, 0.2) is 150 Å². The second kappa shape index (κ2) is 46.2. The van der Waals surface area contributed by atoms with Gasteiger partial charge in [0.15, 0.2) is 23.6 Å². The van der Waals surface area contributed by atoms with E-state index in [-0.39, 0.29) is 178 Å². The van der Waals surface area contributed by atoms with Crippen LogP contribution in [0.3, 0.4) is 0 Å². The van der Waals surface area contributed by atoms with Crippen molar-refractivity contribution in [1.29, 1.82) is 0 Å². The van der Waals surface area contributed by atoms with Gasteiger partial charge in [0, 0.05) is 135 Å². The summed E-state index contributed by atoms with van der Waals surface area (Å²) in [5.74, 6) is -3.58. The lowest BCUT2D eigenvalue weighted by Gasteiger charge is -2.36. The number of β-amino-alcohol motifs (C(OH)–C–C–N with tert-alkyl or cyclic N) is 1. The van der Waals surface area contributed by atoms with Gasteiger partial charge in [0.1, 0.15) is 61.2 Å². The molecule has 2 fully saturated rings. The van der Waals surface area contributed by atoms with E-state index in [2.05, 4.69) is 47.5 Å². The van der Waals surface area contributed by atoms with E-state index in [1.165, 1.54) is 30.3 Å². The van der Waals surface area contributed by atoms with Crippen LogP contribution in [0.1, 0.15) is 207 Å². The van der Waals surface area contributed by atoms with Crippen LogP contribution < -0.4 is 26.6 Å². The first kappa shape index (κ1) is 101. The summed E-state index contributed by atoms with van der Waals surface area (Å²) in [6.45, 7) is 3.24. The summed E-state index contributed by atoms with van der Waals surface area (Å²) in [4.78, 5) is 129. The molecule has 10 aromatic rings. The molecule has 17 rings (SSSR count). The lowest BCUT2D eigenvalue weighted by molar-refractivity contribution is -0.0908. The minimum Gasteiger partial charge on any atom is -0.394 e. The van der Waals surface area contributed by atoms with E-state index in [4.69, 9.17) is 34.3 Å². The number of aliphatic hydroxyl groups excluding tert-OH is 4. The van der Waals surface area contributed by atoms with Crippen molar-refractivity contribution in [1.82, 2.24) is 36.5 Å². The quantitative estimate of drug-likeness (QED) is 0.00634. The standard InChI is InChI=1S/C21H19BrFNO3.C20H19FINO4.C19H16FIN2O3.C19H17FINO5.C18H16FIN2O4/c22-16-4-3-13(19(23)8-16)5-14-6-18-15(9-24-21(18)26)7-17(14)20(25)11-27-10-12-1-2-12;1-11(24)9-27-10-19(25)16-6-14-8-23-20(26)17(14)5-13(16)4-12-2-3-15(22)7-18(12)21;20-17-6-13(21)2-1-10(17)3-11-4-15-12(7-22-18(15)25)5-16(11)19(26)23-8-14(24)9-23;20-16-6-13(21)2-1-10(16)3-11-4-15-12(7-22-19(15)26)5-14(11)17(23)8-27-9-18(24)25;19-14-7-12(20)2-1-10(14)5-11-6-13-15(8-21-18(13)25)22-17(11)16(24)9-26-4-3-23/h3-4,6-8,12H,1-2,5,9-11H2,(H,24,26);2-3,5-7,11,24H,4,8-10H2,1H3,(H,23,26);1-2,4-6,14,24H,3,7-9H2,(H,22,25);1-2,4-6,18,24-25H,3,7-9H2,(H,22,26);1-2,6-7,23H,3-5,8-9H2,(H,21,25)/t;11-;;;/m.0.../s1. The van der Waals surface area contributed by atoms with Crippen molar-refractivity contribution >= 4 is 165 Å². The molecule has 26 nitrogen and oxygen atoms in total. The van der Waals surface area contributed by atoms with E-state index in [0.29, 0.717) is 173 Å². The molecule has 1 saturated heterocycles. The molecule has 694 valence electrons. The number of rotatable bonds is 31. The lowest BCUT2D eigenvalue weighted by atomic mass is 9.93. The number of carbonyl (C=O) groups excluding carboxylic acids is 10. The number of nitrogens with zero attached hydrogens (tertiary/aromatic N) is 2. The van der Waals surface area contributed by atoms with E-state index >= 15 is 0 Å². The van der Waals surface area contributed by atoms with Crippen LogP contribution in [0.25, 0.3) is 0 Å². The molecule has 9 aromatic carbocycles. The topological polar surface area (TPSA) is 385 Å². The highest BCUT2D eigenvalue weighted by atomic mass is 127. The van der Waals surface area contributed by atoms with Gasteiger partial charge in [-0.2, -0.15) is 0 Å². The van der Waals surface area contributed by atoms with Crippen LogP contribution in [0.4, 0.5) is 22.0 Å². The van der Waals surface area contributed by atoms with Gasteiger partial charge in [0.2, 0.25) is 5.78 Å². The van der Waals surface area contributed by atoms with Crippen molar-refractivity contribution in [2.45, 2.75) is 103 Å². The van der Waals surface area contributed by atoms with Crippen molar-refractivity contribution in [3.8, 4) is 0 Å². The molecule has 10 N–H and O–H groups in total. The highest BCUT2D eigenvalue weighted by Gasteiger charge is 2.35. The molecule has 6 aliphatic heterocycles. The van der Waals surface area contributed by atoms with E-state index < -0.39 is 25.1 Å². The SMILES string of the molecule is C[C@H](O)COCC(=O)c1cc2c(cc1Cc1ccc(I)cc1F)C(=O)NC2.O=C(COCC(O)O)c1cc2c(cc1Cc1ccc(I)cc1F)C(=O)NC2.O=C(COCC1CC1)c1cc2c(cc1Cc1ccc(Br)cc1F)C(=O)NC2.O=C1NCc2cc(C(=O)N3CC(O)C3)c(Cc3ccc(I)cc3F)cc21.O=C1NCc2nc(C(=O)COCCO)c(Cc3ccc(I)cc3F)cc21. The van der Waals surface area contributed by atoms with Gasteiger partial charge in [-0.25, -0.2) is 26.9 Å². The average molecular weight is 2340 g/mol. The Balaban J connectivity index is 0.000000141. The Labute approximate surface area is 822 Å². The largest absolute Gasteiger partial charge is 0.394 e. The van der Waals surface area contributed by atoms with Crippen molar-refractivity contribution in [3.05, 3.63) is 333 Å². The highest BCUT2D eigenvalue weighted by molar-refractivity contribution is 14.1. The second-order valence-electron chi connectivity index (χ2n) is 32.3. The predicted molar refractivity (Wildman–Crippen MR) is 513 cm³/mol. The molecule has 1 saturated carbocycles. The fourth-order valence-corrected chi connectivity index (χ4v) is 17.4. The number of Topliss-reactive ketones (excluding diaryl/α,β-unsaturated/α-hetero) is 4. The zero-order chi connectivity index (χ0) is 95.2. The van der Waals surface area contributed by atoms with Crippen LogP contribution in [-0.4, -0.2) is 185 Å². The number of amides is 6. The Kier molecular flexibility index (Phi) is 35.0. The maximum atomic E-state index is 14.3. The Morgan fingerprint density at radius 3 is 1.14 bits per heavy atom. The van der Waals surface area contributed by atoms with Gasteiger partial charge in [-0.1, -0.05) is 46.3 Å². The first-order chi connectivity index (χ1) is 63.6. The third-order valence-electron chi connectivity index (χ3n) is 22.3. The minimum atomic E-state index is -1.67. The number of halogens is 10. The maximum Gasteiger partial charge on any atom is 0.254 e. The molecule has 0 unspecified atom stereocenters. The number of pyridine rings is 1. The molecular formula is C97H87BrF5I4N7O19. The molecule has 0 radical (unpaired) electrons. The first-order valence-electron chi connectivity index (χ1n) is 41.9. The minimum absolute atomic E-state index is 0.00643. The number of ether oxygens (including phenoxy) is 4. The monoisotopic (exact) mass is 2340 g/mol. The fraction of sp³-hybridized carbons (Fsp3) is 0.289. The zero-order valence-corrected chi connectivity index (χ0v) is 81.3. The lowest BCUT2D eigenvalue weighted by Crippen LogP contribution is -2.53. The van der Waals surface area contributed by atoms with Crippen LogP contribution in [0.2, 0.25) is 0 Å². The smallest absolute Gasteiger partial charge is 0.254 e. The maximum absolute atomic E-state index is 14.3. The Bertz CT molecular complexity index is 5900. The van der Waals surface area contributed by atoms with Gasteiger partial charge >= 0.3 is 0 Å². The van der Waals surface area contributed by atoms with Crippen molar-refractivity contribution in [2.75, 3.05) is 72.6 Å². The van der Waals surface area contributed by atoms with Crippen LogP contribution in [0.5, 0.6) is 0 Å². The summed E-state index contributed by atoms with van der Waals surface area (Å²) < 4.78 is 96.0. The molecule has 6 amide bonds. The number of hydrogen-bond donors (Lipinski definition) is 10. The number of hydrogen-bond acceptors (Lipinski definition) is 20. The molecule has 1 atom stereocenters. The van der Waals surface area contributed by atoms with E-state index in [0.717, 1.165) is 43.8 Å². The molecule has 7 aliphatic rings. The highest BCUT2D eigenvalue weighted by Crippen LogP contribution is 2.35. The summed E-state index contributed by atoms with van der Waals surface area (Å²) in [5, 5.41) is 58.8. The number of aliphatic hydroxyl groups is 5. The first-order valence-corrected chi connectivity index (χ1v) is 47.1. The van der Waals surface area contributed by atoms with Crippen LogP contribution in [-0.2, 0) is 83.8 Å². The van der Waals surface area contributed by atoms with Gasteiger partial charge in [-0.3, -0.25) is 47.9 Å². The van der Waals surface area contributed by atoms with Crippen LogP contribution >= 0.6 is 106 Å². The van der Waals surface area contributed by atoms with Crippen LogP contribution in [0, 0.1) is 49.3 Å². The molecule has 133 heavy (non-hydrogen) atoms. The molecule has 0 bridgehead atoms. The molecule has 1 aliphatic carbocycles. The second-order valence-corrected chi connectivity index (χ2v) is 38.2. The number of nitrogens with one attached hydrogen (secondary N) is 5.